The summed E-state index contributed by atoms with van der Waals surface area (Å²) in [5.74, 6) is -0.347. The highest BCUT2D eigenvalue weighted by molar-refractivity contribution is 9.10. The van der Waals surface area contributed by atoms with E-state index in [4.69, 9.17) is 18.9 Å². The van der Waals surface area contributed by atoms with E-state index in [2.05, 4.69) is 37.1 Å². The summed E-state index contributed by atoms with van der Waals surface area (Å²) in [4.78, 5) is 36.9. The minimum absolute atomic E-state index is 0.0483. The summed E-state index contributed by atoms with van der Waals surface area (Å²) in [6.45, 7) is 3.12. The Hall–Kier alpha value is -4.26. The fraction of sp³-hybridized carbons (Fsp3) is 0.280. The van der Waals surface area contributed by atoms with Crippen LogP contribution in [0.25, 0.3) is 0 Å². The second-order valence-corrected chi connectivity index (χ2v) is 8.69. The van der Waals surface area contributed by atoms with Crippen molar-refractivity contribution in [1.82, 2.24) is 16.1 Å². The molecule has 0 radical (unpaired) electrons. The van der Waals surface area contributed by atoms with Crippen LogP contribution in [0.4, 0.5) is 4.79 Å². The van der Waals surface area contributed by atoms with Crippen molar-refractivity contribution in [1.29, 1.82) is 0 Å². The molecule has 0 fully saturated rings. The average molecular weight is 591 g/mol. The number of nitrogens with zero attached hydrogens (tertiary/aromatic N) is 1. The summed E-state index contributed by atoms with van der Waals surface area (Å²) in [5, 5.41) is 19.0. The van der Waals surface area contributed by atoms with Gasteiger partial charge in [-0.2, -0.15) is 5.10 Å². The summed E-state index contributed by atoms with van der Waals surface area (Å²) in [7, 11) is 2.84. The van der Waals surface area contributed by atoms with Crippen molar-refractivity contribution in [2.75, 3.05) is 27.4 Å². The van der Waals surface area contributed by atoms with Crippen molar-refractivity contribution in [3.05, 3.63) is 57.2 Å². The molecule has 0 aliphatic carbocycles. The summed E-state index contributed by atoms with van der Waals surface area (Å²) in [6.07, 6.45) is 1.38. The van der Waals surface area contributed by atoms with Crippen LogP contribution in [0.5, 0.6) is 23.0 Å². The zero-order valence-corrected chi connectivity index (χ0v) is 22.7. The maximum atomic E-state index is 12.5. The van der Waals surface area contributed by atoms with Crippen LogP contribution in [0.1, 0.15) is 31.0 Å². The molecular weight excluding hydrogens is 564 g/mol. The molecule has 0 bridgehead atoms. The molecule has 2 aromatic carbocycles. The summed E-state index contributed by atoms with van der Waals surface area (Å²) >= 11 is 3.22. The van der Waals surface area contributed by atoms with Gasteiger partial charge in [0.25, 0.3) is 5.91 Å². The SMILES string of the molecule is CCOC(=O)C1=C(C)NC(=O)N[C@@H]1c1ccc(OCC(=O)N/N=C\c2cc(Br)c(O)c(OC)c2)c(OC)c1. The lowest BCUT2D eigenvalue weighted by molar-refractivity contribution is -0.139. The van der Waals surface area contributed by atoms with Gasteiger partial charge in [-0.3, -0.25) is 4.79 Å². The highest BCUT2D eigenvalue weighted by Gasteiger charge is 2.32. The molecule has 0 aromatic heterocycles. The van der Waals surface area contributed by atoms with Crippen molar-refractivity contribution in [3.8, 4) is 23.0 Å². The third kappa shape index (κ3) is 6.73. The molecule has 1 aliphatic heterocycles. The van der Waals surface area contributed by atoms with E-state index < -0.39 is 23.9 Å². The monoisotopic (exact) mass is 590 g/mol. The van der Waals surface area contributed by atoms with Crippen LogP contribution < -0.4 is 30.3 Å². The van der Waals surface area contributed by atoms with Gasteiger partial charge >= 0.3 is 12.0 Å². The third-order valence-electron chi connectivity index (χ3n) is 5.32. The molecule has 3 rings (SSSR count). The van der Waals surface area contributed by atoms with E-state index in [1.807, 2.05) is 0 Å². The molecule has 3 amide bonds. The van der Waals surface area contributed by atoms with Crippen LogP contribution in [-0.2, 0) is 14.3 Å². The minimum Gasteiger partial charge on any atom is -0.503 e. The number of benzene rings is 2. The van der Waals surface area contributed by atoms with Gasteiger partial charge in [0.2, 0.25) is 0 Å². The van der Waals surface area contributed by atoms with Crippen molar-refractivity contribution >= 4 is 40.1 Å². The third-order valence-corrected chi connectivity index (χ3v) is 5.92. The molecule has 202 valence electrons. The zero-order chi connectivity index (χ0) is 27.8. The second-order valence-electron chi connectivity index (χ2n) is 7.84. The first-order valence-corrected chi connectivity index (χ1v) is 12.1. The van der Waals surface area contributed by atoms with Gasteiger partial charge in [-0.1, -0.05) is 6.07 Å². The number of methoxy groups -OCH3 is 2. The lowest BCUT2D eigenvalue weighted by Gasteiger charge is -2.28. The lowest BCUT2D eigenvalue weighted by atomic mass is 9.95. The molecule has 4 N–H and O–H groups in total. The Morgan fingerprint density at radius 1 is 1.16 bits per heavy atom. The smallest absolute Gasteiger partial charge is 0.338 e. The number of phenols is 1. The van der Waals surface area contributed by atoms with Gasteiger partial charge < -0.3 is 34.7 Å². The zero-order valence-electron chi connectivity index (χ0n) is 21.1. The van der Waals surface area contributed by atoms with Gasteiger partial charge in [0.1, 0.15) is 0 Å². The van der Waals surface area contributed by atoms with Gasteiger partial charge in [-0.05, 0) is 65.2 Å². The Morgan fingerprint density at radius 2 is 1.89 bits per heavy atom. The van der Waals surface area contributed by atoms with E-state index in [-0.39, 0.29) is 41.8 Å². The average Bonchev–Trinajstić information content (AvgIpc) is 2.88. The Morgan fingerprint density at radius 3 is 2.58 bits per heavy atom. The molecule has 0 spiro atoms. The fourth-order valence-corrected chi connectivity index (χ4v) is 4.04. The maximum absolute atomic E-state index is 12.5. The molecule has 38 heavy (non-hydrogen) atoms. The molecule has 12 nitrogen and oxygen atoms in total. The number of ether oxygens (including phenoxy) is 4. The molecule has 13 heteroatoms. The number of halogens is 1. The molecule has 0 unspecified atom stereocenters. The summed E-state index contributed by atoms with van der Waals surface area (Å²) < 4.78 is 21.6. The number of esters is 1. The van der Waals surface area contributed by atoms with E-state index in [9.17, 15) is 19.5 Å². The minimum atomic E-state index is -0.776. The van der Waals surface area contributed by atoms with E-state index in [1.54, 1.807) is 44.2 Å². The number of rotatable bonds is 10. The molecule has 1 atom stereocenters. The van der Waals surface area contributed by atoms with Gasteiger partial charge in [-0.15, -0.1) is 0 Å². The van der Waals surface area contributed by atoms with Crippen molar-refractivity contribution in [2.45, 2.75) is 19.9 Å². The van der Waals surface area contributed by atoms with E-state index >= 15 is 0 Å². The molecule has 0 saturated heterocycles. The number of allylic oxidation sites excluding steroid dienone is 1. The number of hydrazone groups is 1. The Bertz CT molecular complexity index is 1290. The standard InChI is InChI=1S/C25H27BrN4O8/c1-5-37-24(33)21-13(2)28-25(34)29-22(21)15-6-7-17(18(10-15)35-3)38-12-20(31)30-27-11-14-8-16(26)23(32)19(9-14)36-4/h6-11,22,32H,5,12H2,1-4H3,(H,30,31)(H2,28,29,34)/b27-11-/t22-/m1/s1. The summed E-state index contributed by atoms with van der Waals surface area (Å²) in [6, 6.07) is 6.73. The topological polar surface area (TPSA) is 157 Å². The Labute approximate surface area is 227 Å². The number of carbonyl (C=O) groups excluding carboxylic acids is 3. The second kappa shape index (κ2) is 12.8. The highest BCUT2D eigenvalue weighted by atomic mass is 79.9. The molecule has 1 heterocycles. The predicted molar refractivity (Wildman–Crippen MR) is 140 cm³/mol. The van der Waals surface area contributed by atoms with Crippen molar-refractivity contribution in [2.24, 2.45) is 5.10 Å². The Balaban J connectivity index is 1.69. The highest BCUT2D eigenvalue weighted by Crippen LogP contribution is 2.35. The first kappa shape index (κ1) is 28.3. The van der Waals surface area contributed by atoms with Crippen LogP contribution in [-0.4, -0.2) is 56.7 Å². The van der Waals surface area contributed by atoms with Gasteiger partial charge in [0, 0.05) is 5.70 Å². The number of urea groups is 1. The summed E-state index contributed by atoms with van der Waals surface area (Å²) in [5.41, 5.74) is 4.11. The lowest BCUT2D eigenvalue weighted by Crippen LogP contribution is -2.45. The fourth-order valence-electron chi connectivity index (χ4n) is 3.58. The van der Waals surface area contributed by atoms with Gasteiger partial charge in [-0.25, -0.2) is 15.0 Å². The van der Waals surface area contributed by atoms with Crippen molar-refractivity contribution in [3.63, 3.8) is 0 Å². The quantitative estimate of drug-likeness (QED) is 0.187. The Kier molecular flexibility index (Phi) is 9.55. The van der Waals surface area contributed by atoms with Gasteiger partial charge in [0.15, 0.2) is 29.6 Å². The first-order chi connectivity index (χ1) is 18.2. The molecule has 2 aromatic rings. The normalized spacial score (nSPS) is 15.0. The van der Waals surface area contributed by atoms with Crippen LogP contribution in [0.3, 0.4) is 0 Å². The number of hydrogen-bond donors (Lipinski definition) is 4. The number of carbonyl (C=O) groups is 3. The number of nitrogens with one attached hydrogen (secondary N) is 3. The van der Waals surface area contributed by atoms with Crippen LogP contribution in [0.15, 0.2) is 51.2 Å². The van der Waals surface area contributed by atoms with E-state index in [0.717, 1.165) is 0 Å². The first-order valence-electron chi connectivity index (χ1n) is 11.3. The molecular formula is C25H27BrN4O8. The van der Waals surface area contributed by atoms with Crippen LogP contribution in [0, 0.1) is 0 Å². The molecule has 1 aliphatic rings. The number of hydrogen-bond acceptors (Lipinski definition) is 9. The maximum Gasteiger partial charge on any atom is 0.338 e. The van der Waals surface area contributed by atoms with E-state index in [1.165, 1.54) is 20.4 Å². The van der Waals surface area contributed by atoms with Gasteiger partial charge in [0.05, 0.1) is 43.1 Å². The number of aromatic hydroxyl groups is 1. The predicted octanol–water partition coefficient (Wildman–Crippen LogP) is 2.89. The van der Waals surface area contributed by atoms with Crippen molar-refractivity contribution < 1.29 is 38.4 Å². The van der Waals surface area contributed by atoms with Crippen LogP contribution in [0.2, 0.25) is 0 Å². The number of amides is 3. The molecule has 0 saturated carbocycles. The largest absolute Gasteiger partial charge is 0.503 e. The van der Waals surface area contributed by atoms with Crippen LogP contribution >= 0.6 is 15.9 Å². The van der Waals surface area contributed by atoms with E-state index in [0.29, 0.717) is 21.3 Å². The number of phenolic OH excluding ortho intramolecular Hbond substituents is 1.